The van der Waals surface area contributed by atoms with Crippen LogP contribution in [0.4, 0.5) is 0 Å². The largest absolute Gasteiger partial charge is 0.368 e. The minimum absolute atomic E-state index is 0. The van der Waals surface area contributed by atoms with Crippen molar-refractivity contribution in [3.8, 4) is 0 Å². The first-order valence-electron chi connectivity index (χ1n) is 10.3. The maximum absolute atomic E-state index is 12.9. The Kier molecular flexibility index (Phi) is 7.28. The molecule has 1 spiro atoms. The van der Waals surface area contributed by atoms with Gasteiger partial charge >= 0.3 is 0 Å². The van der Waals surface area contributed by atoms with Crippen molar-refractivity contribution >= 4 is 18.3 Å². The summed E-state index contributed by atoms with van der Waals surface area (Å²) in [4.78, 5) is 21.6. The molecule has 2 aliphatic heterocycles. The molecule has 29 heavy (non-hydrogen) atoms. The number of piperidine rings is 1. The van der Waals surface area contributed by atoms with Gasteiger partial charge in [-0.3, -0.25) is 9.78 Å². The van der Waals surface area contributed by atoms with E-state index in [1.54, 1.807) is 12.3 Å². The molecule has 1 unspecified atom stereocenters. The van der Waals surface area contributed by atoms with Crippen molar-refractivity contribution in [1.29, 1.82) is 0 Å². The Morgan fingerprint density at radius 3 is 2.55 bits per heavy atom. The third kappa shape index (κ3) is 5.35. The molecule has 2 aromatic rings. The Morgan fingerprint density at radius 1 is 1.14 bits per heavy atom. The molecule has 4 rings (SSSR count). The fourth-order valence-corrected chi connectivity index (χ4v) is 4.42. The van der Waals surface area contributed by atoms with E-state index in [2.05, 4.69) is 47.1 Å². The van der Waals surface area contributed by atoms with Crippen LogP contribution in [-0.4, -0.2) is 65.1 Å². The van der Waals surface area contributed by atoms with Gasteiger partial charge in [0.2, 0.25) is 0 Å². The first kappa shape index (κ1) is 21.8. The van der Waals surface area contributed by atoms with Crippen LogP contribution in [0.5, 0.6) is 0 Å². The Labute approximate surface area is 179 Å². The number of carbonyl (C=O) groups is 1. The summed E-state index contributed by atoms with van der Waals surface area (Å²) in [7, 11) is 0. The van der Waals surface area contributed by atoms with Crippen molar-refractivity contribution in [2.75, 3.05) is 32.7 Å². The molecule has 2 fully saturated rings. The summed E-state index contributed by atoms with van der Waals surface area (Å²) in [5.41, 5.74) is 1.69. The lowest BCUT2D eigenvalue weighted by Gasteiger charge is -2.49. The third-order valence-corrected chi connectivity index (χ3v) is 5.91. The van der Waals surface area contributed by atoms with Gasteiger partial charge in [0, 0.05) is 32.4 Å². The van der Waals surface area contributed by atoms with Gasteiger partial charge in [0.1, 0.15) is 5.69 Å². The lowest BCUT2D eigenvalue weighted by Crippen LogP contribution is -2.60. The molecule has 1 aromatic heterocycles. The zero-order valence-electron chi connectivity index (χ0n) is 17.0. The Balaban J connectivity index is 0.00000240. The molecule has 0 saturated carbocycles. The summed E-state index contributed by atoms with van der Waals surface area (Å²) in [6, 6.07) is 16.2. The van der Waals surface area contributed by atoms with Crippen molar-refractivity contribution in [3.63, 3.8) is 0 Å². The molecule has 1 atom stereocenters. The number of nitrogens with zero attached hydrogens (tertiary/aromatic N) is 3. The van der Waals surface area contributed by atoms with Crippen LogP contribution in [0.1, 0.15) is 35.8 Å². The van der Waals surface area contributed by atoms with Gasteiger partial charge in [-0.05, 0) is 43.9 Å². The average molecular weight is 416 g/mol. The van der Waals surface area contributed by atoms with Crippen molar-refractivity contribution in [2.24, 2.45) is 0 Å². The van der Waals surface area contributed by atoms with E-state index in [0.717, 1.165) is 38.9 Å². The highest BCUT2D eigenvalue weighted by Crippen LogP contribution is 2.33. The molecule has 2 aliphatic rings. The predicted molar refractivity (Wildman–Crippen MR) is 116 cm³/mol. The van der Waals surface area contributed by atoms with Crippen LogP contribution in [0.25, 0.3) is 0 Å². The van der Waals surface area contributed by atoms with Crippen molar-refractivity contribution in [1.82, 2.24) is 14.8 Å². The first-order valence-corrected chi connectivity index (χ1v) is 10.3. The van der Waals surface area contributed by atoms with E-state index in [9.17, 15) is 4.79 Å². The molecule has 0 bridgehead atoms. The Hall–Kier alpha value is -1.95. The molecule has 5 nitrogen and oxygen atoms in total. The highest BCUT2D eigenvalue weighted by Gasteiger charge is 2.43. The van der Waals surface area contributed by atoms with E-state index in [4.69, 9.17) is 4.74 Å². The van der Waals surface area contributed by atoms with E-state index < -0.39 is 0 Å². The van der Waals surface area contributed by atoms with E-state index in [1.165, 1.54) is 5.56 Å². The van der Waals surface area contributed by atoms with Gasteiger partial charge in [0.25, 0.3) is 5.91 Å². The quantitative estimate of drug-likeness (QED) is 0.767. The fourth-order valence-electron chi connectivity index (χ4n) is 4.42. The zero-order chi connectivity index (χ0) is 19.4. The Morgan fingerprint density at radius 2 is 1.86 bits per heavy atom. The summed E-state index contributed by atoms with van der Waals surface area (Å²) in [5, 5.41) is 0. The van der Waals surface area contributed by atoms with Gasteiger partial charge in [0.15, 0.2) is 0 Å². The predicted octanol–water partition coefficient (Wildman–Crippen LogP) is 3.44. The maximum Gasteiger partial charge on any atom is 0.272 e. The number of hydrogen-bond donors (Lipinski definition) is 0. The van der Waals surface area contributed by atoms with Crippen LogP contribution >= 0.6 is 12.4 Å². The highest BCUT2D eigenvalue weighted by molar-refractivity contribution is 5.92. The number of aromatic nitrogens is 1. The van der Waals surface area contributed by atoms with Gasteiger partial charge in [-0.15, -0.1) is 12.4 Å². The number of amides is 1. The number of morpholine rings is 1. The van der Waals surface area contributed by atoms with Gasteiger partial charge in [-0.2, -0.15) is 0 Å². The molecule has 0 radical (unpaired) electrons. The number of halogens is 1. The minimum Gasteiger partial charge on any atom is -0.368 e. The molecule has 1 amide bonds. The van der Waals surface area contributed by atoms with Crippen LogP contribution in [0.3, 0.4) is 0 Å². The zero-order valence-corrected chi connectivity index (χ0v) is 17.8. The standard InChI is InChI=1S/C23H29N3O2.ClH/c1-19-17-26(22(27)21-9-5-6-13-24-21)18-23(28-19)11-15-25(16-12-23)14-10-20-7-3-2-4-8-20;/h2-9,13,19H,10-12,14-18H2,1H3;1H. The number of carbonyl (C=O) groups excluding carboxylic acids is 1. The molecule has 1 aromatic carbocycles. The smallest absolute Gasteiger partial charge is 0.272 e. The van der Waals surface area contributed by atoms with E-state index in [1.807, 2.05) is 17.0 Å². The second kappa shape index (κ2) is 9.70. The lowest BCUT2D eigenvalue weighted by molar-refractivity contribution is -0.161. The van der Waals surface area contributed by atoms with Crippen LogP contribution in [0.2, 0.25) is 0 Å². The number of ether oxygens (including phenoxy) is 1. The number of benzene rings is 1. The van der Waals surface area contributed by atoms with E-state index >= 15 is 0 Å². The molecule has 6 heteroatoms. The monoisotopic (exact) mass is 415 g/mol. The maximum atomic E-state index is 12.9. The van der Waals surface area contributed by atoms with Gasteiger partial charge < -0.3 is 14.5 Å². The van der Waals surface area contributed by atoms with Gasteiger partial charge in [-0.25, -0.2) is 0 Å². The van der Waals surface area contributed by atoms with Crippen molar-refractivity contribution in [3.05, 3.63) is 66.0 Å². The second-order valence-corrected chi connectivity index (χ2v) is 8.09. The topological polar surface area (TPSA) is 45.7 Å². The van der Waals surface area contributed by atoms with Gasteiger partial charge in [-0.1, -0.05) is 36.4 Å². The third-order valence-electron chi connectivity index (χ3n) is 5.91. The SMILES string of the molecule is CC1CN(C(=O)c2ccccn2)CC2(CCN(CCc3ccccc3)CC2)O1.Cl. The average Bonchev–Trinajstić information content (AvgIpc) is 2.74. The highest BCUT2D eigenvalue weighted by atomic mass is 35.5. The van der Waals surface area contributed by atoms with Crippen LogP contribution in [0, 0.1) is 0 Å². The number of likely N-dealkylation sites (tertiary alicyclic amines) is 1. The van der Waals surface area contributed by atoms with Crippen molar-refractivity contribution < 1.29 is 9.53 Å². The number of rotatable bonds is 4. The number of hydrogen-bond acceptors (Lipinski definition) is 4. The lowest BCUT2D eigenvalue weighted by atomic mass is 9.88. The van der Waals surface area contributed by atoms with Crippen LogP contribution < -0.4 is 0 Å². The summed E-state index contributed by atoms with van der Waals surface area (Å²) in [5.74, 6) is 0.0154. The van der Waals surface area contributed by atoms with Crippen LogP contribution in [-0.2, 0) is 11.2 Å². The van der Waals surface area contributed by atoms with E-state index in [0.29, 0.717) is 18.8 Å². The second-order valence-electron chi connectivity index (χ2n) is 8.09. The fraction of sp³-hybridized carbons (Fsp3) is 0.478. The summed E-state index contributed by atoms with van der Waals surface area (Å²) in [6.07, 6.45) is 4.75. The molecular formula is C23H30ClN3O2. The summed E-state index contributed by atoms with van der Waals surface area (Å²) in [6.45, 7) is 6.48. The normalized spacial score (nSPS) is 21.6. The summed E-state index contributed by atoms with van der Waals surface area (Å²) >= 11 is 0. The molecule has 2 saturated heterocycles. The van der Waals surface area contributed by atoms with Crippen LogP contribution in [0.15, 0.2) is 54.7 Å². The molecular weight excluding hydrogens is 386 g/mol. The summed E-state index contributed by atoms with van der Waals surface area (Å²) < 4.78 is 6.40. The molecule has 0 aliphatic carbocycles. The van der Waals surface area contributed by atoms with Crippen molar-refractivity contribution in [2.45, 2.75) is 37.9 Å². The van der Waals surface area contributed by atoms with Gasteiger partial charge in [0.05, 0.1) is 18.2 Å². The Bertz CT molecular complexity index is 779. The molecule has 156 valence electrons. The molecule has 0 N–H and O–H groups in total. The molecule has 3 heterocycles. The van der Waals surface area contributed by atoms with E-state index in [-0.39, 0.29) is 30.0 Å². The number of pyridine rings is 1. The first-order chi connectivity index (χ1) is 13.6. The minimum atomic E-state index is -0.217.